The van der Waals surface area contributed by atoms with Crippen molar-refractivity contribution in [3.8, 4) is 28.5 Å². The fourth-order valence-electron chi connectivity index (χ4n) is 3.46. The van der Waals surface area contributed by atoms with Gasteiger partial charge in [0.25, 0.3) is 0 Å². The molecule has 3 aromatic heterocycles. The molecule has 3 heterocycles. The smallest absolute Gasteiger partial charge is 0.249 e. The van der Waals surface area contributed by atoms with E-state index in [1.165, 1.54) is 0 Å². The number of rotatable bonds is 3. The van der Waals surface area contributed by atoms with E-state index in [9.17, 15) is 4.79 Å². The van der Waals surface area contributed by atoms with Crippen molar-refractivity contribution in [3.05, 3.63) is 95.0 Å². The number of nitrogens with zero attached hydrogens (tertiary/aromatic N) is 4. The van der Waals surface area contributed by atoms with Crippen molar-refractivity contribution >= 4 is 10.9 Å². The highest BCUT2D eigenvalue weighted by Crippen LogP contribution is 2.29. The Bertz CT molecular complexity index is 1390. The van der Waals surface area contributed by atoms with E-state index in [4.69, 9.17) is 10.1 Å². The molecule has 0 saturated heterocycles. The van der Waals surface area contributed by atoms with Crippen LogP contribution in [0.3, 0.4) is 0 Å². The normalized spacial score (nSPS) is 11.1. The van der Waals surface area contributed by atoms with E-state index in [1.54, 1.807) is 23.1 Å². The third-order valence-electron chi connectivity index (χ3n) is 4.85. The zero-order valence-corrected chi connectivity index (χ0v) is 15.7. The lowest BCUT2D eigenvalue weighted by molar-refractivity contribution is 0.879. The predicted octanol–water partition coefficient (Wildman–Crippen LogP) is 4.15. The highest BCUT2D eigenvalue weighted by atomic mass is 16.1. The Morgan fingerprint density at radius 2 is 1.76 bits per heavy atom. The van der Waals surface area contributed by atoms with Crippen LogP contribution in [0, 0.1) is 6.92 Å². The summed E-state index contributed by atoms with van der Waals surface area (Å²) in [5.74, 6) is 1.21. The molecule has 0 aliphatic heterocycles. The van der Waals surface area contributed by atoms with Crippen LogP contribution in [0.4, 0.5) is 0 Å². The van der Waals surface area contributed by atoms with Crippen molar-refractivity contribution in [1.82, 2.24) is 24.7 Å². The van der Waals surface area contributed by atoms with Crippen molar-refractivity contribution in [1.29, 1.82) is 0 Å². The van der Waals surface area contributed by atoms with E-state index >= 15 is 0 Å². The average molecular weight is 379 g/mol. The maximum absolute atomic E-state index is 12.3. The lowest BCUT2D eigenvalue weighted by Gasteiger charge is -2.10. The molecule has 29 heavy (non-hydrogen) atoms. The van der Waals surface area contributed by atoms with Crippen LogP contribution in [0.1, 0.15) is 5.56 Å². The van der Waals surface area contributed by atoms with Crippen molar-refractivity contribution in [2.75, 3.05) is 0 Å². The predicted molar refractivity (Wildman–Crippen MR) is 113 cm³/mol. The van der Waals surface area contributed by atoms with Gasteiger partial charge in [0.15, 0.2) is 11.6 Å². The first kappa shape index (κ1) is 17.1. The van der Waals surface area contributed by atoms with Gasteiger partial charge in [0, 0.05) is 40.5 Å². The topological polar surface area (TPSA) is 76.5 Å². The van der Waals surface area contributed by atoms with Crippen LogP contribution >= 0.6 is 0 Å². The molecular formula is C23H17N5O. The second-order valence-electron chi connectivity index (χ2n) is 6.79. The summed E-state index contributed by atoms with van der Waals surface area (Å²) >= 11 is 0. The summed E-state index contributed by atoms with van der Waals surface area (Å²) in [6.45, 7) is 1.98. The Morgan fingerprint density at radius 3 is 2.59 bits per heavy atom. The Labute approximate surface area is 166 Å². The van der Waals surface area contributed by atoms with Crippen molar-refractivity contribution in [2.45, 2.75) is 6.92 Å². The first-order valence-corrected chi connectivity index (χ1v) is 9.26. The molecule has 0 radical (unpaired) electrons. The summed E-state index contributed by atoms with van der Waals surface area (Å²) in [5.41, 5.74) is 4.06. The third-order valence-corrected chi connectivity index (χ3v) is 4.85. The number of pyridine rings is 2. The summed E-state index contributed by atoms with van der Waals surface area (Å²) in [7, 11) is 0. The van der Waals surface area contributed by atoms with Gasteiger partial charge in [0.1, 0.15) is 0 Å². The molecule has 2 aromatic carbocycles. The number of hydrogen-bond acceptors (Lipinski definition) is 4. The molecule has 6 nitrogen and oxygen atoms in total. The first-order chi connectivity index (χ1) is 14.2. The van der Waals surface area contributed by atoms with Gasteiger partial charge >= 0.3 is 0 Å². The summed E-state index contributed by atoms with van der Waals surface area (Å²) < 4.78 is 1.79. The van der Waals surface area contributed by atoms with Gasteiger partial charge in [-0.1, -0.05) is 48.5 Å². The number of aromatic nitrogens is 5. The van der Waals surface area contributed by atoms with Crippen molar-refractivity contribution in [3.63, 3.8) is 0 Å². The highest BCUT2D eigenvalue weighted by molar-refractivity contribution is 5.93. The van der Waals surface area contributed by atoms with Gasteiger partial charge < -0.3 is 4.98 Å². The second-order valence-corrected chi connectivity index (χ2v) is 6.79. The summed E-state index contributed by atoms with van der Waals surface area (Å²) in [6, 6.07) is 21.0. The molecule has 0 spiro atoms. The van der Waals surface area contributed by atoms with Crippen LogP contribution < -0.4 is 5.56 Å². The minimum atomic E-state index is -0.180. The molecule has 0 aliphatic carbocycles. The van der Waals surface area contributed by atoms with Crippen LogP contribution in [-0.4, -0.2) is 24.7 Å². The van der Waals surface area contributed by atoms with Gasteiger partial charge in [-0.2, -0.15) is 0 Å². The number of H-pyrrole nitrogens is 1. The molecule has 5 aromatic rings. The molecule has 140 valence electrons. The molecule has 0 saturated carbocycles. The summed E-state index contributed by atoms with van der Waals surface area (Å²) in [6.07, 6.45) is 3.52. The number of fused-ring (bicyclic) bond motifs is 1. The monoisotopic (exact) mass is 379 g/mol. The number of benzene rings is 2. The SMILES string of the molecule is Cc1cnccc1-n1nc(-c2ccccc2)nc1-c1cc(=O)[nH]c2ccccc12. The minimum absolute atomic E-state index is 0.180. The van der Waals surface area contributed by atoms with Crippen LogP contribution in [0.15, 0.2) is 83.9 Å². The van der Waals surface area contributed by atoms with Gasteiger partial charge in [0.05, 0.1) is 5.69 Å². The van der Waals surface area contributed by atoms with E-state index in [0.29, 0.717) is 11.6 Å². The van der Waals surface area contributed by atoms with E-state index < -0.39 is 0 Å². The third kappa shape index (κ3) is 3.00. The van der Waals surface area contributed by atoms with Crippen LogP contribution in [0.2, 0.25) is 0 Å². The lowest BCUT2D eigenvalue weighted by Crippen LogP contribution is -2.08. The number of hydrogen-bond donors (Lipinski definition) is 1. The fraction of sp³-hybridized carbons (Fsp3) is 0.0435. The molecule has 0 unspecified atom stereocenters. The summed E-state index contributed by atoms with van der Waals surface area (Å²) in [4.78, 5) is 24.3. The molecule has 0 fully saturated rings. The van der Waals surface area contributed by atoms with Crippen LogP contribution in [0.25, 0.3) is 39.4 Å². The largest absolute Gasteiger partial charge is 0.322 e. The maximum atomic E-state index is 12.3. The Morgan fingerprint density at radius 1 is 0.966 bits per heavy atom. The number of nitrogens with one attached hydrogen (secondary N) is 1. The van der Waals surface area contributed by atoms with E-state index in [2.05, 4.69) is 9.97 Å². The van der Waals surface area contributed by atoms with E-state index in [1.807, 2.05) is 67.6 Å². The molecule has 0 atom stereocenters. The molecule has 6 heteroatoms. The van der Waals surface area contributed by atoms with Crippen LogP contribution in [0.5, 0.6) is 0 Å². The molecular weight excluding hydrogens is 362 g/mol. The zero-order chi connectivity index (χ0) is 19.8. The van der Waals surface area contributed by atoms with Crippen LogP contribution in [-0.2, 0) is 0 Å². The highest BCUT2D eigenvalue weighted by Gasteiger charge is 2.18. The number of aromatic amines is 1. The number of aryl methyl sites for hydroxylation is 1. The lowest BCUT2D eigenvalue weighted by atomic mass is 10.1. The fourth-order valence-corrected chi connectivity index (χ4v) is 3.46. The zero-order valence-electron chi connectivity index (χ0n) is 15.7. The van der Waals surface area contributed by atoms with Crippen molar-refractivity contribution < 1.29 is 0 Å². The summed E-state index contributed by atoms with van der Waals surface area (Å²) in [5, 5.41) is 5.70. The molecule has 0 bridgehead atoms. The van der Waals surface area contributed by atoms with Gasteiger partial charge in [-0.25, -0.2) is 9.67 Å². The molecule has 0 aliphatic rings. The van der Waals surface area contributed by atoms with E-state index in [0.717, 1.165) is 33.3 Å². The molecule has 1 N–H and O–H groups in total. The quantitative estimate of drug-likeness (QED) is 0.511. The number of para-hydroxylation sites is 1. The van der Waals surface area contributed by atoms with Crippen molar-refractivity contribution in [2.24, 2.45) is 0 Å². The first-order valence-electron chi connectivity index (χ1n) is 9.26. The molecule has 0 amide bonds. The average Bonchev–Trinajstić information content (AvgIpc) is 3.19. The van der Waals surface area contributed by atoms with Gasteiger partial charge in [-0.05, 0) is 24.6 Å². The standard InChI is InChI=1S/C23H17N5O/c1-15-14-24-12-11-20(15)28-23(26-22(27-28)16-7-3-2-4-8-16)18-13-21(29)25-19-10-6-5-9-17(18)19/h2-14H,1H3,(H,25,29). The van der Waals surface area contributed by atoms with Gasteiger partial charge in [0.2, 0.25) is 5.56 Å². The van der Waals surface area contributed by atoms with Gasteiger partial charge in [-0.3, -0.25) is 9.78 Å². The minimum Gasteiger partial charge on any atom is -0.322 e. The Hall–Kier alpha value is -4.06. The maximum Gasteiger partial charge on any atom is 0.249 e. The second kappa shape index (κ2) is 6.83. The van der Waals surface area contributed by atoms with E-state index in [-0.39, 0.29) is 5.56 Å². The molecule has 5 rings (SSSR count). The van der Waals surface area contributed by atoms with Gasteiger partial charge in [-0.15, -0.1) is 5.10 Å². The Balaban J connectivity index is 1.84. The Kier molecular flexibility index (Phi) is 4.02.